The molecule has 2 N–H and O–H groups in total. The van der Waals surface area contributed by atoms with Crippen LogP contribution in [0.5, 0.6) is 0 Å². The molecule has 0 aromatic rings. The molecule has 3 aliphatic rings. The Morgan fingerprint density at radius 1 is 1.09 bits per heavy atom. The maximum absolute atomic E-state index is 12.6. The molecule has 3 rings (SSSR count). The van der Waals surface area contributed by atoms with Crippen molar-refractivity contribution in [2.75, 3.05) is 13.1 Å². The number of likely N-dealkylation sites (tertiary alicyclic amines) is 1. The predicted octanol–water partition coefficient (Wildman–Crippen LogP) is 1.67. The molecule has 3 atom stereocenters. The van der Waals surface area contributed by atoms with Crippen LogP contribution >= 0.6 is 0 Å². The summed E-state index contributed by atoms with van der Waals surface area (Å²) in [5.41, 5.74) is -0.368. The summed E-state index contributed by atoms with van der Waals surface area (Å²) in [5, 5.41) is 6.88. The number of amides is 2. The first-order chi connectivity index (χ1) is 10.8. The normalized spacial score (nSPS) is 34.3. The van der Waals surface area contributed by atoms with Crippen LogP contribution in [-0.2, 0) is 9.59 Å². The third-order valence-electron chi connectivity index (χ3n) is 5.54. The van der Waals surface area contributed by atoms with E-state index in [4.69, 9.17) is 0 Å². The van der Waals surface area contributed by atoms with Crippen LogP contribution in [0.2, 0.25) is 0 Å². The zero-order valence-electron chi connectivity index (χ0n) is 14.7. The minimum Gasteiger partial charge on any atom is -0.353 e. The van der Waals surface area contributed by atoms with Crippen LogP contribution in [0.4, 0.5) is 0 Å². The molecule has 5 heteroatoms. The summed E-state index contributed by atoms with van der Waals surface area (Å²) in [6, 6.07) is 1.49. The van der Waals surface area contributed by atoms with E-state index < -0.39 is 0 Å². The quantitative estimate of drug-likeness (QED) is 0.813. The zero-order chi connectivity index (χ0) is 16.6. The van der Waals surface area contributed by atoms with Gasteiger partial charge in [0.25, 0.3) is 0 Å². The highest BCUT2D eigenvalue weighted by molar-refractivity contribution is 5.84. The fourth-order valence-corrected chi connectivity index (χ4v) is 4.34. The van der Waals surface area contributed by atoms with Crippen LogP contribution in [0.1, 0.15) is 59.3 Å². The van der Waals surface area contributed by atoms with Gasteiger partial charge >= 0.3 is 0 Å². The molecule has 2 bridgehead atoms. The fourth-order valence-electron chi connectivity index (χ4n) is 4.34. The second-order valence-electron chi connectivity index (χ2n) is 8.66. The highest BCUT2D eigenvalue weighted by Gasteiger charge is 2.37. The molecule has 2 amide bonds. The maximum Gasteiger partial charge on any atom is 0.227 e. The van der Waals surface area contributed by atoms with Gasteiger partial charge in [-0.1, -0.05) is 20.8 Å². The number of hydrogen-bond acceptors (Lipinski definition) is 3. The largest absolute Gasteiger partial charge is 0.353 e. The first-order valence-corrected chi connectivity index (χ1v) is 9.18. The Balaban J connectivity index is 1.54. The van der Waals surface area contributed by atoms with E-state index in [0.717, 1.165) is 32.2 Å². The lowest BCUT2D eigenvalue weighted by atomic mass is 9.90. The Labute approximate surface area is 139 Å². The van der Waals surface area contributed by atoms with E-state index in [1.807, 2.05) is 25.7 Å². The molecule has 3 saturated heterocycles. The van der Waals surface area contributed by atoms with Crippen LogP contribution in [0.15, 0.2) is 0 Å². The molecular weight excluding hydrogens is 290 g/mol. The van der Waals surface area contributed by atoms with Gasteiger partial charge in [-0.15, -0.1) is 0 Å². The monoisotopic (exact) mass is 321 g/mol. The SMILES string of the molecule is CC(C)(C)C(=O)N1CCCC(C(=O)NC2CC3CCC(C2)N3)C1. The molecule has 3 aliphatic heterocycles. The smallest absolute Gasteiger partial charge is 0.227 e. The lowest BCUT2D eigenvalue weighted by Crippen LogP contribution is -2.52. The number of piperidine rings is 2. The Morgan fingerprint density at radius 2 is 1.74 bits per heavy atom. The molecule has 3 unspecified atom stereocenters. The lowest BCUT2D eigenvalue weighted by Gasteiger charge is -2.37. The molecular formula is C18H31N3O2. The number of nitrogens with one attached hydrogen (secondary N) is 2. The minimum absolute atomic E-state index is 0.0393. The van der Waals surface area contributed by atoms with Crippen molar-refractivity contribution in [1.29, 1.82) is 0 Å². The van der Waals surface area contributed by atoms with Crippen molar-refractivity contribution >= 4 is 11.8 Å². The van der Waals surface area contributed by atoms with Crippen LogP contribution in [-0.4, -0.2) is 47.9 Å². The lowest BCUT2D eigenvalue weighted by molar-refractivity contribution is -0.143. The first kappa shape index (κ1) is 16.7. The van der Waals surface area contributed by atoms with Gasteiger partial charge in [-0.2, -0.15) is 0 Å². The van der Waals surface area contributed by atoms with Gasteiger partial charge in [-0.3, -0.25) is 9.59 Å². The van der Waals surface area contributed by atoms with Crippen molar-refractivity contribution in [3.05, 3.63) is 0 Å². The summed E-state index contributed by atoms with van der Waals surface area (Å²) in [6.45, 7) is 7.22. The van der Waals surface area contributed by atoms with Crippen molar-refractivity contribution in [3.63, 3.8) is 0 Å². The molecule has 3 heterocycles. The average Bonchev–Trinajstić information content (AvgIpc) is 2.84. The number of hydrogen-bond donors (Lipinski definition) is 2. The van der Waals surface area contributed by atoms with Gasteiger partial charge < -0.3 is 15.5 Å². The van der Waals surface area contributed by atoms with Gasteiger partial charge in [0.2, 0.25) is 11.8 Å². The fraction of sp³-hybridized carbons (Fsp3) is 0.889. The number of fused-ring (bicyclic) bond motifs is 2. The Hall–Kier alpha value is -1.10. The zero-order valence-corrected chi connectivity index (χ0v) is 14.7. The maximum atomic E-state index is 12.6. The molecule has 23 heavy (non-hydrogen) atoms. The number of rotatable bonds is 2. The van der Waals surface area contributed by atoms with Gasteiger partial charge in [0.1, 0.15) is 0 Å². The van der Waals surface area contributed by atoms with Crippen LogP contribution in [0.3, 0.4) is 0 Å². The van der Waals surface area contributed by atoms with E-state index in [0.29, 0.717) is 24.7 Å². The first-order valence-electron chi connectivity index (χ1n) is 9.18. The second kappa shape index (κ2) is 6.42. The van der Waals surface area contributed by atoms with Crippen molar-refractivity contribution in [2.45, 2.75) is 77.4 Å². The summed E-state index contributed by atoms with van der Waals surface area (Å²) in [4.78, 5) is 27.0. The molecule has 0 radical (unpaired) electrons. The van der Waals surface area contributed by atoms with Gasteiger partial charge in [0.05, 0.1) is 5.92 Å². The highest BCUT2D eigenvalue weighted by atomic mass is 16.2. The Bertz CT molecular complexity index is 459. The van der Waals surface area contributed by atoms with E-state index in [1.165, 1.54) is 12.8 Å². The summed E-state index contributed by atoms with van der Waals surface area (Å²) < 4.78 is 0. The van der Waals surface area contributed by atoms with E-state index >= 15 is 0 Å². The van der Waals surface area contributed by atoms with Gasteiger partial charge in [0, 0.05) is 36.6 Å². The molecule has 0 aromatic carbocycles. The van der Waals surface area contributed by atoms with E-state index in [1.54, 1.807) is 0 Å². The van der Waals surface area contributed by atoms with E-state index in [-0.39, 0.29) is 23.1 Å². The second-order valence-corrected chi connectivity index (χ2v) is 8.66. The highest BCUT2D eigenvalue weighted by Crippen LogP contribution is 2.28. The minimum atomic E-state index is -0.368. The van der Waals surface area contributed by atoms with E-state index in [2.05, 4.69) is 10.6 Å². The number of carbonyl (C=O) groups excluding carboxylic acids is 2. The molecule has 0 aromatic heterocycles. The number of nitrogens with zero attached hydrogens (tertiary/aromatic N) is 1. The average molecular weight is 321 g/mol. The predicted molar refractivity (Wildman–Crippen MR) is 89.9 cm³/mol. The van der Waals surface area contributed by atoms with E-state index in [9.17, 15) is 9.59 Å². The summed E-state index contributed by atoms with van der Waals surface area (Å²) in [5.74, 6) is 0.278. The molecule has 0 saturated carbocycles. The summed E-state index contributed by atoms with van der Waals surface area (Å²) >= 11 is 0. The summed E-state index contributed by atoms with van der Waals surface area (Å²) in [7, 11) is 0. The van der Waals surface area contributed by atoms with Crippen molar-refractivity contribution in [3.8, 4) is 0 Å². The Morgan fingerprint density at radius 3 is 2.35 bits per heavy atom. The molecule has 0 spiro atoms. The van der Waals surface area contributed by atoms with Gasteiger partial charge in [0.15, 0.2) is 0 Å². The molecule has 3 fully saturated rings. The topological polar surface area (TPSA) is 61.4 Å². The van der Waals surface area contributed by atoms with Crippen molar-refractivity contribution < 1.29 is 9.59 Å². The van der Waals surface area contributed by atoms with Crippen LogP contribution in [0, 0.1) is 11.3 Å². The van der Waals surface area contributed by atoms with Crippen molar-refractivity contribution in [1.82, 2.24) is 15.5 Å². The van der Waals surface area contributed by atoms with Gasteiger partial charge in [-0.25, -0.2) is 0 Å². The van der Waals surface area contributed by atoms with Gasteiger partial charge in [-0.05, 0) is 38.5 Å². The third-order valence-corrected chi connectivity index (χ3v) is 5.54. The number of carbonyl (C=O) groups is 2. The van der Waals surface area contributed by atoms with Crippen LogP contribution in [0.25, 0.3) is 0 Å². The molecule has 5 nitrogen and oxygen atoms in total. The third kappa shape index (κ3) is 3.87. The Kier molecular flexibility index (Phi) is 4.68. The molecule has 130 valence electrons. The van der Waals surface area contributed by atoms with Crippen LogP contribution < -0.4 is 10.6 Å². The van der Waals surface area contributed by atoms with Crippen molar-refractivity contribution in [2.24, 2.45) is 11.3 Å². The molecule has 0 aliphatic carbocycles. The summed E-state index contributed by atoms with van der Waals surface area (Å²) in [6.07, 6.45) is 6.43. The standard InChI is InChI=1S/C18H31N3O2/c1-18(2,3)17(23)21-8-4-5-12(11-21)16(22)20-15-9-13-6-7-14(10-15)19-13/h12-15,19H,4-11H2,1-3H3,(H,20,22).